The second-order valence-corrected chi connectivity index (χ2v) is 6.66. The molecule has 0 unspecified atom stereocenters. The first-order valence-electron chi connectivity index (χ1n) is 8.68. The molecule has 0 aliphatic carbocycles. The van der Waals surface area contributed by atoms with Crippen molar-refractivity contribution in [1.29, 1.82) is 0 Å². The van der Waals surface area contributed by atoms with Crippen molar-refractivity contribution in [2.75, 3.05) is 31.1 Å². The molecule has 0 atom stereocenters. The summed E-state index contributed by atoms with van der Waals surface area (Å²) in [6.07, 6.45) is 0.792. The van der Waals surface area contributed by atoms with Gasteiger partial charge in [-0.3, -0.25) is 0 Å². The fourth-order valence-electron chi connectivity index (χ4n) is 3.88. The van der Waals surface area contributed by atoms with E-state index in [9.17, 15) is 13.2 Å². The van der Waals surface area contributed by atoms with E-state index < -0.39 is 11.7 Å². The van der Waals surface area contributed by atoms with Gasteiger partial charge in [0.1, 0.15) is 0 Å². The van der Waals surface area contributed by atoms with E-state index in [1.807, 2.05) is 17.9 Å². The van der Waals surface area contributed by atoms with Crippen LogP contribution in [0.1, 0.15) is 43.7 Å². The summed E-state index contributed by atoms with van der Waals surface area (Å²) in [5, 5.41) is 0. The van der Waals surface area contributed by atoms with E-state index in [-0.39, 0.29) is 0 Å². The fourth-order valence-corrected chi connectivity index (χ4v) is 3.88. The molecule has 3 rings (SSSR count). The summed E-state index contributed by atoms with van der Waals surface area (Å²) in [4.78, 5) is 4.44. The summed E-state index contributed by atoms with van der Waals surface area (Å²) in [5.74, 6) is 0. The predicted octanol–water partition coefficient (Wildman–Crippen LogP) is 4.33. The highest BCUT2D eigenvalue weighted by molar-refractivity contribution is 5.56. The molecule has 0 aromatic heterocycles. The van der Waals surface area contributed by atoms with E-state index in [0.717, 1.165) is 44.6 Å². The number of halogens is 3. The lowest BCUT2D eigenvalue weighted by atomic mass is 10.00. The van der Waals surface area contributed by atoms with Crippen molar-refractivity contribution in [3.8, 4) is 0 Å². The molecule has 2 aliphatic heterocycles. The monoisotopic (exact) mass is 326 g/mol. The van der Waals surface area contributed by atoms with Crippen LogP contribution in [0.4, 0.5) is 18.9 Å². The van der Waals surface area contributed by atoms with E-state index in [0.29, 0.717) is 18.2 Å². The summed E-state index contributed by atoms with van der Waals surface area (Å²) >= 11 is 0. The predicted molar refractivity (Wildman–Crippen MR) is 86.9 cm³/mol. The van der Waals surface area contributed by atoms with Gasteiger partial charge in [-0.15, -0.1) is 0 Å². The Kier molecular flexibility index (Phi) is 4.85. The average Bonchev–Trinajstić information content (AvgIpc) is 3.08. The lowest BCUT2D eigenvalue weighted by Crippen LogP contribution is -2.44. The van der Waals surface area contributed by atoms with Gasteiger partial charge in [-0.25, -0.2) is 0 Å². The molecular weight excluding hydrogens is 301 g/mol. The summed E-state index contributed by atoms with van der Waals surface area (Å²) in [6.45, 7) is 5.63. The molecule has 2 heterocycles. The van der Waals surface area contributed by atoms with Crippen molar-refractivity contribution < 1.29 is 13.2 Å². The molecule has 0 bridgehead atoms. The average molecular weight is 326 g/mol. The van der Waals surface area contributed by atoms with Gasteiger partial charge < -0.3 is 9.80 Å². The number of piperidine rings is 1. The smallest absolute Gasteiger partial charge is 0.371 e. The molecule has 2 saturated heterocycles. The standard InChI is InChI=1S/C18H25F3N2/c1-2-14-5-6-17(16(13-14)18(19,20)21)23-11-7-15(8-12-23)22-9-3-4-10-22/h5-6,13,15H,2-4,7-12H2,1H3. The minimum Gasteiger partial charge on any atom is -0.371 e. The zero-order chi connectivity index (χ0) is 16.4. The van der Waals surface area contributed by atoms with Crippen LogP contribution in [0.5, 0.6) is 0 Å². The summed E-state index contributed by atoms with van der Waals surface area (Å²) in [6, 6.07) is 5.37. The molecular formula is C18H25F3N2. The van der Waals surface area contributed by atoms with Gasteiger partial charge in [-0.1, -0.05) is 13.0 Å². The van der Waals surface area contributed by atoms with E-state index in [1.165, 1.54) is 18.9 Å². The first kappa shape index (κ1) is 16.6. The Bertz CT molecular complexity index is 528. The van der Waals surface area contributed by atoms with Crippen LogP contribution in [0.15, 0.2) is 18.2 Å². The largest absolute Gasteiger partial charge is 0.418 e. The van der Waals surface area contributed by atoms with Crippen molar-refractivity contribution in [3.05, 3.63) is 29.3 Å². The molecule has 128 valence electrons. The Morgan fingerprint density at radius 1 is 1.04 bits per heavy atom. The molecule has 5 heteroatoms. The second-order valence-electron chi connectivity index (χ2n) is 6.66. The molecule has 23 heavy (non-hydrogen) atoms. The van der Waals surface area contributed by atoms with Crippen LogP contribution in [-0.4, -0.2) is 37.1 Å². The number of rotatable bonds is 3. The zero-order valence-electron chi connectivity index (χ0n) is 13.7. The Hall–Kier alpha value is -1.23. The Balaban J connectivity index is 1.74. The third kappa shape index (κ3) is 3.65. The number of nitrogens with zero attached hydrogens (tertiary/aromatic N) is 2. The van der Waals surface area contributed by atoms with Gasteiger partial charge in [0.05, 0.1) is 5.56 Å². The summed E-state index contributed by atoms with van der Waals surface area (Å²) < 4.78 is 40.2. The van der Waals surface area contributed by atoms with Crippen LogP contribution in [0.25, 0.3) is 0 Å². The van der Waals surface area contributed by atoms with E-state index >= 15 is 0 Å². The Morgan fingerprint density at radius 3 is 2.26 bits per heavy atom. The van der Waals surface area contributed by atoms with Crippen LogP contribution >= 0.6 is 0 Å². The molecule has 0 radical (unpaired) electrons. The number of hydrogen-bond donors (Lipinski definition) is 0. The van der Waals surface area contributed by atoms with Crippen LogP contribution in [0, 0.1) is 0 Å². The highest BCUT2D eigenvalue weighted by Gasteiger charge is 2.36. The molecule has 0 saturated carbocycles. The molecule has 0 amide bonds. The van der Waals surface area contributed by atoms with Crippen molar-refractivity contribution in [3.63, 3.8) is 0 Å². The van der Waals surface area contributed by atoms with Gasteiger partial charge in [-0.05, 0) is 62.9 Å². The molecule has 0 spiro atoms. The van der Waals surface area contributed by atoms with Crippen LogP contribution < -0.4 is 4.90 Å². The second kappa shape index (κ2) is 6.71. The number of benzene rings is 1. The maximum absolute atomic E-state index is 13.4. The van der Waals surface area contributed by atoms with Gasteiger partial charge >= 0.3 is 6.18 Å². The maximum Gasteiger partial charge on any atom is 0.418 e. The van der Waals surface area contributed by atoms with Crippen molar-refractivity contribution in [2.45, 2.75) is 51.2 Å². The number of anilines is 1. The van der Waals surface area contributed by atoms with E-state index in [4.69, 9.17) is 0 Å². The van der Waals surface area contributed by atoms with Gasteiger partial charge in [-0.2, -0.15) is 13.2 Å². The molecule has 1 aromatic carbocycles. The number of likely N-dealkylation sites (tertiary alicyclic amines) is 1. The first-order chi connectivity index (χ1) is 11.0. The number of aryl methyl sites for hydroxylation is 1. The normalized spacial score (nSPS) is 21.1. The third-order valence-electron chi connectivity index (χ3n) is 5.24. The Morgan fingerprint density at radius 2 is 1.70 bits per heavy atom. The maximum atomic E-state index is 13.4. The quantitative estimate of drug-likeness (QED) is 0.815. The van der Waals surface area contributed by atoms with Crippen LogP contribution in [0.2, 0.25) is 0 Å². The zero-order valence-corrected chi connectivity index (χ0v) is 13.7. The van der Waals surface area contributed by atoms with Crippen molar-refractivity contribution in [2.24, 2.45) is 0 Å². The van der Waals surface area contributed by atoms with E-state index in [2.05, 4.69) is 4.90 Å². The molecule has 2 nitrogen and oxygen atoms in total. The SMILES string of the molecule is CCc1ccc(N2CCC(N3CCCC3)CC2)c(C(F)(F)F)c1. The fraction of sp³-hybridized carbons (Fsp3) is 0.667. The topological polar surface area (TPSA) is 6.48 Å². The Labute approximate surface area is 136 Å². The van der Waals surface area contributed by atoms with E-state index in [1.54, 1.807) is 6.07 Å². The van der Waals surface area contributed by atoms with Gasteiger partial charge in [0, 0.05) is 24.8 Å². The first-order valence-corrected chi connectivity index (χ1v) is 8.68. The highest BCUT2D eigenvalue weighted by Crippen LogP contribution is 2.38. The number of hydrogen-bond acceptors (Lipinski definition) is 2. The lowest BCUT2D eigenvalue weighted by Gasteiger charge is -2.38. The van der Waals surface area contributed by atoms with Crippen molar-refractivity contribution in [1.82, 2.24) is 4.90 Å². The highest BCUT2D eigenvalue weighted by atomic mass is 19.4. The van der Waals surface area contributed by atoms with Crippen molar-refractivity contribution >= 4 is 5.69 Å². The van der Waals surface area contributed by atoms with Gasteiger partial charge in [0.2, 0.25) is 0 Å². The molecule has 1 aromatic rings. The van der Waals surface area contributed by atoms with Gasteiger partial charge in [0.15, 0.2) is 0 Å². The van der Waals surface area contributed by atoms with Crippen LogP contribution in [-0.2, 0) is 12.6 Å². The number of alkyl halides is 3. The minimum absolute atomic E-state index is 0.356. The summed E-state index contributed by atoms with van der Waals surface area (Å²) in [7, 11) is 0. The van der Waals surface area contributed by atoms with Gasteiger partial charge in [0.25, 0.3) is 0 Å². The lowest BCUT2D eigenvalue weighted by molar-refractivity contribution is -0.137. The molecule has 0 N–H and O–H groups in total. The minimum atomic E-state index is -4.29. The summed E-state index contributed by atoms with van der Waals surface area (Å²) in [5.41, 5.74) is 0.624. The molecule has 2 fully saturated rings. The van der Waals surface area contributed by atoms with Crippen LogP contribution in [0.3, 0.4) is 0 Å². The third-order valence-corrected chi connectivity index (χ3v) is 5.24. The molecule has 2 aliphatic rings.